The van der Waals surface area contributed by atoms with Crippen molar-refractivity contribution in [1.82, 2.24) is 5.32 Å². The molecule has 5 heteroatoms. The molecule has 3 rings (SSSR count). The number of hydrogen-bond acceptors (Lipinski definition) is 3. The maximum atomic E-state index is 12.7. The topological polar surface area (TPSA) is 72.2 Å². The number of halogens is 1. The van der Waals surface area contributed by atoms with Crippen LogP contribution in [0.4, 0.5) is 0 Å². The van der Waals surface area contributed by atoms with Crippen molar-refractivity contribution in [3.8, 4) is 0 Å². The number of benzene rings is 2. The molecule has 0 spiro atoms. The van der Waals surface area contributed by atoms with Crippen LogP contribution >= 0.6 is 12.4 Å². The van der Waals surface area contributed by atoms with Crippen molar-refractivity contribution in [2.45, 2.75) is 26.7 Å². The second kappa shape index (κ2) is 7.32. The van der Waals surface area contributed by atoms with E-state index >= 15 is 0 Å². The molecule has 0 aliphatic carbocycles. The van der Waals surface area contributed by atoms with Crippen LogP contribution in [0.3, 0.4) is 0 Å². The van der Waals surface area contributed by atoms with Crippen molar-refractivity contribution in [3.05, 3.63) is 46.5 Å². The van der Waals surface area contributed by atoms with E-state index in [4.69, 9.17) is 5.73 Å². The Bertz CT molecular complexity index is 796. The zero-order valence-corrected chi connectivity index (χ0v) is 14.8. The average Bonchev–Trinajstić information content (AvgIpc) is 2.54. The van der Waals surface area contributed by atoms with Gasteiger partial charge in [0.15, 0.2) is 5.78 Å². The first-order valence-electron chi connectivity index (χ1n) is 8.07. The molecular formula is C19H23ClN2O2. The first-order valence-corrected chi connectivity index (χ1v) is 8.07. The van der Waals surface area contributed by atoms with Gasteiger partial charge < -0.3 is 11.1 Å². The Morgan fingerprint density at radius 2 is 1.96 bits per heavy atom. The van der Waals surface area contributed by atoms with Crippen LogP contribution in [0, 0.1) is 19.8 Å². The number of carbonyl (C=O) groups excluding carboxylic acids is 2. The van der Waals surface area contributed by atoms with E-state index in [2.05, 4.69) is 5.32 Å². The van der Waals surface area contributed by atoms with Gasteiger partial charge in [-0.1, -0.05) is 18.2 Å². The zero-order chi connectivity index (χ0) is 16.6. The summed E-state index contributed by atoms with van der Waals surface area (Å²) in [6.07, 6.45) is 1.99. The first-order chi connectivity index (χ1) is 11.0. The number of primary amides is 1. The third-order valence-electron chi connectivity index (χ3n) is 4.80. The Kier molecular flexibility index (Phi) is 5.62. The zero-order valence-electron chi connectivity index (χ0n) is 14.0. The molecule has 0 saturated carbocycles. The number of Topliss-reactive ketones (excluding diaryl/α,β-unsaturated/α-hetero) is 1. The van der Waals surface area contributed by atoms with Gasteiger partial charge in [0.1, 0.15) is 0 Å². The van der Waals surface area contributed by atoms with Crippen molar-refractivity contribution in [1.29, 1.82) is 0 Å². The highest BCUT2D eigenvalue weighted by atomic mass is 35.5. The molecule has 0 bridgehead atoms. The molecule has 1 fully saturated rings. The number of fused-ring (bicyclic) bond motifs is 1. The quantitative estimate of drug-likeness (QED) is 0.838. The molecule has 1 aliphatic rings. The van der Waals surface area contributed by atoms with E-state index < -0.39 is 5.91 Å². The number of ketones is 1. The molecule has 0 aromatic heterocycles. The van der Waals surface area contributed by atoms with E-state index in [0.717, 1.165) is 53.4 Å². The maximum absolute atomic E-state index is 12.7. The van der Waals surface area contributed by atoms with Gasteiger partial charge in [-0.15, -0.1) is 12.4 Å². The molecule has 0 radical (unpaired) electrons. The lowest BCUT2D eigenvalue weighted by Crippen LogP contribution is -2.34. The van der Waals surface area contributed by atoms with E-state index in [1.165, 1.54) is 0 Å². The van der Waals surface area contributed by atoms with E-state index in [9.17, 15) is 9.59 Å². The van der Waals surface area contributed by atoms with Crippen molar-refractivity contribution in [3.63, 3.8) is 0 Å². The molecule has 1 aliphatic heterocycles. The smallest absolute Gasteiger partial charge is 0.249 e. The number of hydrogen-bond donors (Lipinski definition) is 2. The van der Waals surface area contributed by atoms with E-state index in [0.29, 0.717) is 5.56 Å². The Morgan fingerprint density at radius 1 is 1.21 bits per heavy atom. The summed E-state index contributed by atoms with van der Waals surface area (Å²) < 4.78 is 0. The molecule has 4 nitrogen and oxygen atoms in total. The summed E-state index contributed by atoms with van der Waals surface area (Å²) in [6.45, 7) is 5.54. The first kappa shape index (κ1) is 18.4. The fraction of sp³-hybridized carbons (Fsp3) is 0.368. The van der Waals surface area contributed by atoms with Crippen LogP contribution in [0.25, 0.3) is 10.8 Å². The van der Waals surface area contributed by atoms with Gasteiger partial charge in [-0.25, -0.2) is 0 Å². The van der Waals surface area contributed by atoms with Crippen LogP contribution in [0.5, 0.6) is 0 Å². The van der Waals surface area contributed by atoms with Crippen LogP contribution in [0.15, 0.2) is 24.3 Å². The second-order valence-corrected chi connectivity index (χ2v) is 6.40. The second-order valence-electron chi connectivity index (χ2n) is 6.40. The highest BCUT2D eigenvalue weighted by Gasteiger charge is 2.22. The molecule has 2 aromatic carbocycles. The van der Waals surface area contributed by atoms with Crippen LogP contribution < -0.4 is 11.1 Å². The molecule has 2 aromatic rings. The summed E-state index contributed by atoms with van der Waals surface area (Å²) in [7, 11) is 0. The number of rotatable bonds is 3. The predicted molar refractivity (Wildman–Crippen MR) is 99.1 cm³/mol. The summed E-state index contributed by atoms with van der Waals surface area (Å²) >= 11 is 0. The van der Waals surface area contributed by atoms with Gasteiger partial charge in [0.2, 0.25) is 5.91 Å². The monoisotopic (exact) mass is 346 g/mol. The summed E-state index contributed by atoms with van der Waals surface area (Å²) in [5.41, 5.74) is 8.54. The number of nitrogens with one attached hydrogen (secondary N) is 1. The van der Waals surface area contributed by atoms with E-state index in [1.807, 2.05) is 38.1 Å². The molecule has 1 unspecified atom stereocenters. The largest absolute Gasteiger partial charge is 0.366 e. The fourth-order valence-electron chi connectivity index (χ4n) is 3.60. The van der Waals surface area contributed by atoms with Gasteiger partial charge >= 0.3 is 0 Å². The molecule has 1 saturated heterocycles. The highest BCUT2D eigenvalue weighted by Crippen LogP contribution is 2.27. The van der Waals surface area contributed by atoms with E-state index in [1.54, 1.807) is 0 Å². The lowest BCUT2D eigenvalue weighted by molar-refractivity contribution is 0.0899. The number of piperidine rings is 1. The molecule has 1 atom stereocenters. The van der Waals surface area contributed by atoms with Gasteiger partial charge in [0.25, 0.3) is 0 Å². The number of carbonyl (C=O) groups is 2. The SMILES string of the molecule is Cc1cc2cc(C(=O)C3CCCNC3)ccc2c(C)c1C(N)=O.Cl. The molecular weight excluding hydrogens is 324 g/mol. The fourth-order valence-corrected chi connectivity index (χ4v) is 3.60. The minimum Gasteiger partial charge on any atom is -0.366 e. The molecule has 1 amide bonds. The molecule has 3 N–H and O–H groups in total. The lowest BCUT2D eigenvalue weighted by Gasteiger charge is -2.21. The molecule has 128 valence electrons. The number of nitrogens with two attached hydrogens (primary N) is 1. The van der Waals surface area contributed by atoms with Crippen molar-refractivity contribution < 1.29 is 9.59 Å². The third kappa shape index (κ3) is 3.30. The van der Waals surface area contributed by atoms with Crippen molar-refractivity contribution >= 4 is 34.9 Å². The van der Waals surface area contributed by atoms with Gasteiger partial charge in [-0.3, -0.25) is 9.59 Å². The molecule has 1 heterocycles. The van der Waals surface area contributed by atoms with Crippen LogP contribution in [0.2, 0.25) is 0 Å². The van der Waals surface area contributed by atoms with Crippen molar-refractivity contribution in [2.75, 3.05) is 13.1 Å². The van der Waals surface area contributed by atoms with Gasteiger partial charge in [0.05, 0.1) is 0 Å². The number of amides is 1. The Balaban J connectivity index is 0.00000208. The summed E-state index contributed by atoms with van der Waals surface area (Å²) in [6, 6.07) is 7.68. The minimum absolute atomic E-state index is 0. The lowest BCUT2D eigenvalue weighted by atomic mass is 9.88. The van der Waals surface area contributed by atoms with Crippen LogP contribution in [0.1, 0.15) is 44.7 Å². The average molecular weight is 347 g/mol. The van der Waals surface area contributed by atoms with Gasteiger partial charge in [-0.2, -0.15) is 0 Å². The van der Waals surface area contributed by atoms with Crippen LogP contribution in [-0.2, 0) is 0 Å². The molecule has 24 heavy (non-hydrogen) atoms. The predicted octanol–water partition coefficient (Wildman–Crippen LogP) is 3.16. The third-order valence-corrected chi connectivity index (χ3v) is 4.80. The number of aryl methyl sites for hydroxylation is 2. The Labute approximate surface area is 148 Å². The van der Waals surface area contributed by atoms with Gasteiger partial charge in [0, 0.05) is 23.6 Å². The Morgan fingerprint density at radius 3 is 2.58 bits per heavy atom. The highest BCUT2D eigenvalue weighted by molar-refractivity contribution is 6.05. The summed E-state index contributed by atoms with van der Waals surface area (Å²) in [5.74, 6) is -0.142. The normalized spacial score (nSPS) is 17.3. The van der Waals surface area contributed by atoms with E-state index in [-0.39, 0.29) is 24.1 Å². The maximum Gasteiger partial charge on any atom is 0.249 e. The van der Waals surface area contributed by atoms with Crippen LogP contribution in [-0.4, -0.2) is 24.8 Å². The standard InChI is InChI=1S/C19H22N2O2.ClH/c1-11-8-15-9-13(18(22)14-4-3-7-21-10-14)5-6-16(15)12(2)17(11)19(20)23;/h5-6,8-9,14,21H,3-4,7,10H2,1-2H3,(H2,20,23);1H. The Hall–Kier alpha value is -1.91. The summed E-state index contributed by atoms with van der Waals surface area (Å²) in [5, 5.41) is 5.25. The van der Waals surface area contributed by atoms with Crippen molar-refractivity contribution in [2.24, 2.45) is 11.7 Å². The summed E-state index contributed by atoms with van der Waals surface area (Å²) in [4.78, 5) is 24.3. The minimum atomic E-state index is -0.407. The van der Waals surface area contributed by atoms with Gasteiger partial charge in [-0.05, 0) is 61.2 Å².